The molecule has 74 valence electrons. The summed E-state index contributed by atoms with van der Waals surface area (Å²) < 4.78 is 13.1. The van der Waals surface area contributed by atoms with Gasteiger partial charge in [0.1, 0.15) is 0 Å². The quantitative estimate of drug-likeness (QED) is 0.466. The molecule has 14 heavy (non-hydrogen) atoms. The van der Waals surface area contributed by atoms with E-state index in [-0.39, 0.29) is 4.90 Å². The van der Waals surface area contributed by atoms with Crippen LogP contribution in [0.4, 0.5) is 10.1 Å². The predicted molar refractivity (Wildman–Crippen MR) is 52.3 cm³/mol. The molecule has 0 radical (unpaired) electrons. The van der Waals surface area contributed by atoms with Crippen LogP contribution in [-0.4, -0.2) is 4.92 Å². The van der Waals surface area contributed by atoms with Gasteiger partial charge in [-0.05, 0) is 30.4 Å². The molecule has 1 aromatic carbocycles. The Morgan fingerprint density at radius 1 is 1.50 bits per heavy atom. The number of halogens is 1. The van der Waals surface area contributed by atoms with Gasteiger partial charge in [-0.3, -0.25) is 10.1 Å². The van der Waals surface area contributed by atoms with Crippen LogP contribution >= 0.6 is 12.6 Å². The highest BCUT2D eigenvalue weighted by molar-refractivity contribution is 7.80. The van der Waals surface area contributed by atoms with E-state index >= 15 is 0 Å². The van der Waals surface area contributed by atoms with E-state index < -0.39 is 16.4 Å². The third-order valence-corrected chi connectivity index (χ3v) is 2.80. The molecule has 0 saturated heterocycles. The van der Waals surface area contributed by atoms with E-state index in [9.17, 15) is 14.5 Å². The molecule has 0 heterocycles. The van der Waals surface area contributed by atoms with Crippen molar-refractivity contribution < 1.29 is 9.31 Å². The topological polar surface area (TPSA) is 43.1 Å². The fourth-order valence-electron chi connectivity index (χ4n) is 1.47. The predicted octanol–water partition coefficient (Wildman–Crippen LogP) is 2.90. The third kappa shape index (κ3) is 1.48. The van der Waals surface area contributed by atoms with E-state index in [1.54, 1.807) is 6.07 Å². The first kappa shape index (κ1) is 9.45. The molecule has 0 spiro atoms. The van der Waals surface area contributed by atoms with Gasteiger partial charge in [0.25, 0.3) is 0 Å². The SMILES string of the molecule is O=[N+]([O-])c1c(F)ccc(C2CC2)c1S. The fourth-order valence-corrected chi connectivity index (χ4v) is 1.91. The molecule has 0 N–H and O–H groups in total. The maximum Gasteiger partial charge on any atom is 0.318 e. The summed E-state index contributed by atoms with van der Waals surface area (Å²) in [6.07, 6.45) is 2.02. The molecular formula is C9H8FNO2S. The van der Waals surface area contributed by atoms with E-state index in [4.69, 9.17) is 0 Å². The first-order chi connectivity index (χ1) is 6.61. The van der Waals surface area contributed by atoms with Crippen LogP contribution in [0, 0.1) is 15.9 Å². The Kier molecular flexibility index (Phi) is 2.19. The zero-order valence-electron chi connectivity index (χ0n) is 7.24. The highest BCUT2D eigenvalue weighted by atomic mass is 32.1. The summed E-state index contributed by atoms with van der Waals surface area (Å²) in [4.78, 5) is 10.0. The summed E-state index contributed by atoms with van der Waals surface area (Å²) in [5.41, 5.74) is 0.291. The molecule has 1 aromatic rings. The van der Waals surface area contributed by atoms with Gasteiger partial charge in [-0.25, -0.2) is 0 Å². The molecule has 3 nitrogen and oxygen atoms in total. The summed E-state index contributed by atoms with van der Waals surface area (Å²) in [7, 11) is 0. The smallest absolute Gasteiger partial charge is 0.258 e. The number of thiol groups is 1. The average Bonchev–Trinajstić information content (AvgIpc) is 2.86. The molecule has 0 bridgehead atoms. The molecule has 0 atom stereocenters. The zero-order valence-corrected chi connectivity index (χ0v) is 8.13. The Morgan fingerprint density at radius 2 is 2.14 bits per heavy atom. The molecule has 1 fully saturated rings. The minimum absolute atomic E-state index is 0.178. The Hall–Kier alpha value is -1.10. The highest BCUT2D eigenvalue weighted by Crippen LogP contribution is 2.45. The average molecular weight is 213 g/mol. The van der Waals surface area contributed by atoms with Crippen molar-refractivity contribution in [3.05, 3.63) is 33.6 Å². The summed E-state index contributed by atoms with van der Waals surface area (Å²) in [6.45, 7) is 0. The minimum atomic E-state index is -0.815. The van der Waals surface area contributed by atoms with Crippen molar-refractivity contribution in [1.29, 1.82) is 0 Å². The van der Waals surface area contributed by atoms with E-state index in [0.717, 1.165) is 24.5 Å². The normalized spacial score (nSPS) is 15.6. The number of hydrogen-bond acceptors (Lipinski definition) is 3. The number of rotatable bonds is 2. The van der Waals surface area contributed by atoms with Crippen molar-refractivity contribution in [3.8, 4) is 0 Å². The summed E-state index contributed by atoms with van der Waals surface area (Å²) in [6, 6.07) is 2.73. The van der Waals surface area contributed by atoms with Crippen LogP contribution in [0.1, 0.15) is 24.3 Å². The van der Waals surface area contributed by atoms with Crippen molar-refractivity contribution in [2.24, 2.45) is 0 Å². The molecule has 0 amide bonds. The lowest BCUT2D eigenvalue weighted by molar-refractivity contribution is -0.390. The Bertz CT molecular complexity index is 404. The molecular weight excluding hydrogens is 205 g/mol. The zero-order chi connectivity index (χ0) is 10.3. The van der Waals surface area contributed by atoms with Crippen LogP contribution in [0.3, 0.4) is 0 Å². The van der Waals surface area contributed by atoms with Gasteiger partial charge < -0.3 is 0 Å². The van der Waals surface area contributed by atoms with Gasteiger partial charge >= 0.3 is 5.69 Å². The number of nitro benzene ring substituents is 1. The van der Waals surface area contributed by atoms with Gasteiger partial charge in [-0.2, -0.15) is 4.39 Å². The van der Waals surface area contributed by atoms with Crippen molar-refractivity contribution in [2.75, 3.05) is 0 Å². The second-order valence-corrected chi connectivity index (χ2v) is 3.81. The third-order valence-electron chi connectivity index (χ3n) is 2.33. The van der Waals surface area contributed by atoms with Gasteiger partial charge in [-0.15, -0.1) is 12.6 Å². The lowest BCUT2D eigenvalue weighted by atomic mass is 10.1. The fraction of sp³-hybridized carbons (Fsp3) is 0.333. The van der Waals surface area contributed by atoms with Crippen molar-refractivity contribution >= 4 is 18.3 Å². The van der Waals surface area contributed by atoms with Gasteiger partial charge in [0, 0.05) is 0 Å². The standard InChI is InChI=1S/C9H8FNO2S/c10-7-4-3-6(5-1-2-5)9(14)8(7)11(12)13/h3-5,14H,1-2H2. The molecule has 1 aliphatic carbocycles. The lowest BCUT2D eigenvalue weighted by Gasteiger charge is -2.03. The molecule has 0 aliphatic heterocycles. The Balaban J connectivity index is 2.55. The first-order valence-corrected chi connectivity index (χ1v) is 4.71. The molecule has 0 unspecified atom stereocenters. The number of hydrogen-bond donors (Lipinski definition) is 1. The monoisotopic (exact) mass is 213 g/mol. The Labute approximate surface area is 85.5 Å². The number of nitrogens with zero attached hydrogens (tertiary/aromatic N) is 1. The van der Waals surface area contributed by atoms with Crippen LogP contribution in [0.15, 0.2) is 17.0 Å². The van der Waals surface area contributed by atoms with Gasteiger partial charge in [0.15, 0.2) is 0 Å². The molecule has 2 rings (SSSR count). The second-order valence-electron chi connectivity index (χ2n) is 3.37. The van der Waals surface area contributed by atoms with E-state index in [1.807, 2.05) is 0 Å². The second kappa shape index (κ2) is 3.24. The summed E-state index contributed by atoms with van der Waals surface area (Å²) in [5, 5.41) is 10.6. The highest BCUT2D eigenvalue weighted by Gasteiger charge is 2.30. The van der Waals surface area contributed by atoms with E-state index in [1.165, 1.54) is 0 Å². The minimum Gasteiger partial charge on any atom is -0.258 e. The van der Waals surface area contributed by atoms with Crippen molar-refractivity contribution in [2.45, 2.75) is 23.7 Å². The molecule has 5 heteroatoms. The number of benzene rings is 1. The maximum absolute atomic E-state index is 13.1. The van der Waals surface area contributed by atoms with Crippen LogP contribution in [-0.2, 0) is 0 Å². The summed E-state index contributed by atoms with van der Waals surface area (Å²) >= 11 is 4.02. The van der Waals surface area contributed by atoms with Gasteiger partial charge in [0.05, 0.1) is 9.82 Å². The van der Waals surface area contributed by atoms with Crippen LogP contribution in [0.25, 0.3) is 0 Å². The van der Waals surface area contributed by atoms with Crippen molar-refractivity contribution in [3.63, 3.8) is 0 Å². The van der Waals surface area contributed by atoms with Crippen LogP contribution in [0.5, 0.6) is 0 Å². The van der Waals surface area contributed by atoms with Crippen molar-refractivity contribution in [1.82, 2.24) is 0 Å². The largest absolute Gasteiger partial charge is 0.318 e. The van der Waals surface area contributed by atoms with Gasteiger partial charge in [-0.1, -0.05) is 6.07 Å². The summed E-state index contributed by atoms with van der Waals surface area (Å²) in [5.74, 6) is -0.480. The Morgan fingerprint density at radius 3 is 2.64 bits per heavy atom. The van der Waals surface area contributed by atoms with Gasteiger partial charge in [0.2, 0.25) is 5.82 Å². The first-order valence-electron chi connectivity index (χ1n) is 4.27. The van der Waals surface area contributed by atoms with Crippen LogP contribution in [0.2, 0.25) is 0 Å². The van der Waals surface area contributed by atoms with E-state index in [0.29, 0.717) is 5.92 Å². The van der Waals surface area contributed by atoms with E-state index in [2.05, 4.69) is 12.6 Å². The van der Waals surface area contributed by atoms with Crippen LogP contribution < -0.4 is 0 Å². The molecule has 1 saturated carbocycles. The lowest BCUT2D eigenvalue weighted by Crippen LogP contribution is -1.97. The maximum atomic E-state index is 13.1. The molecule has 1 aliphatic rings. The molecule has 0 aromatic heterocycles. The number of nitro groups is 1.